The molecule has 132 valence electrons. The highest BCUT2D eigenvalue weighted by atomic mass is 19.1. The van der Waals surface area contributed by atoms with Gasteiger partial charge in [-0.2, -0.15) is 5.10 Å². The standard InChI is InChI=1S/C18H21FN4O2/c1-12-13(2)20-21-17(24)16(12)18(25)23-9-7-22(8-10-23)11-14-5-3-4-6-15(14)19/h3-6H,7-11H2,1-2H3,(H,21,24). The molecule has 2 heterocycles. The van der Waals surface area contributed by atoms with Crippen LogP contribution in [-0.4, -0.2) is 52.1 Å². The predicted octanol–water partition coefficient (Wildman–Crippen LogP) is 1.48. The molecule has 1 amide bonds. The van der Waals surface area contributed by atoms with E-state index in [1.165, 1.54) is 6.07 Å². The third-order valence-electron chi connectivity index (χ3n) is 4.70. The van der Waals surface area contributed by atoms with Crippen molar-refractivity contribution in [2.75, 3.05) is 26.2 Å². The summed E-state index contributed by atoms with van der Waals surface area (Å²) in [5, 5.41) is 6.25. The average molecular weight is 344 g/mol. The van der Waals surface area contributed by atoms with Gasteiger partial charge < -0.3 is 4.90 Å². The van der Waals surface area contributed by atoms with E-state index in [9.17, 15) is 14.0 Å². The van der Waals surface area contributed by atoms with Crippen LogP contribution >= 0.6 is 0 Å². The maximum atomic E-state index is 13.8. The molecular weight excluding hydrogens is 323 g/mol. The second-order valence-electron chi connectivity index (χ2n) is 6.30. The number of carbonyl (C=O) groups excluding carboxylic acids is 1. The van der Waals surface area contributed by atoms with E-state index in [0.29, 0.717) is 49.5 Å². The highest BCUT2D eigenvalue weighted by molar-refractivity contribution is 5.95. The minimum atomic E-state index is -0.457. The van der Waals surface area contributed by atoms with E-state index < -0.39 is 5.56 Å². The zero-order valence-corrected chi connectivity index (χ0v) is 14.4. The fraction of sp³-hybridized carbons (Fsp3) is 0.389. The molecule has 6 nitrogen and oxygen atoms in total. The third-order valence-corrected chi connectivity index (χ3v) is 4.70. The van der Waals surface area contributed by atoms with Gasteiger partial charge in [-0.25, -0.2) is 9.49 Å². The SMILES string of the molecule is Cc1n[nH]c(=O)c(C(=O)N2CCN(Cc3ccccc3F)CC2)c1C. The van der Waals surface area contributed by atoms with Gasteiger partial charge in [-0.15, -0.1) is 0 Å². The Morgan fingerprint density at radius 1 is 1.20 bits per heavy atom. The number of benzene rings is 1. The summed E-state index contributed by atoms with van der Waals surface area (Å²) in [5.74, 6) is -0.481. The molecule has 2 aromatic rings. The molecule has 0 bridgehead atoms. The Hall–Kier alpha value is -2.54. The van der Waals surface area contributed by atoms with Gasteiger partial charge in [0.1, 0.15) is 11.4 Å². The van der Waals surface area contributed by atoms with Gasteiger partial charge >= 0.3 is 0 Å². The number of carbonyl (C=O) groups is 1. The molecule has 1 fully saturated rings. The second-order valence-corrected chi connectivity index (χ2v) is 6.30. The Morgan fingerprint density at radius 3 is 2.56 bits per heavy atom. The number of aromatic amines is 1. The second kappa shape index (κ2) is 7.14. The Labute approximate surface area is 145 Å². The number of piperazine rings is 1. The molecule has 7 heteroatoms. The summed E-state index contributed by atoms with van der Waals surface area (Å²) in [6, 6.07) is 6.72. The van der Waals surface area contributed by atoms with Crippen molar-refractivity contribution in [2.45, 2.75) is 20.4 Å². The molecule has 1 N–H and O–H groups in total. The lowest BCUT2D eigenvalue weighted by Crippen LogP contribution is -2.49. The van der Waals surface area contributed by atoms with Gasteiger partial charge in [0.15, 0.2) is 0 Å². The zero-order valence-electron chi connectivity index (χ0n) is 14.4. The lowest BCUT2D eigenvalue weighted by Gasteiger charge is -2.34. The molecule has 1 aliphatic heterocycles. The minimum Gasteiger partial charge on any atom is -0.336 e. The third kappa shape index (κ3) is 3.61. The number of amides is 1. The topological polar surface area (TPSA) is 69.3 Å². The van der Waals surface area contributed by atoms with Crippen LogP contribution in [0.3, 0.4) is 0 Å². The minimum absolute atomic E-state index is 0.162. The number of aryl methyl sites for hydroxylation is 1. The molecule has 25 heavy (non-hydrogen) atoms. The zero-order chi connectivity index (χ0) is 18.0. The van der Waals surface area contributed by atoms with Crippen molar-refractivity contribution in [1.29, 1.82) is 0 Å². The van der Waals surface area contributed by atoms with Crippen LogP contribution in [0.1, 0.15) is 27.2 Å². The highest BCUT2D eigenvalue weighted by Gasteiger charge is 2.26. The number of aromatic nitrogens is 2. The molecule has 1 aliphatic rings. The molecule has 0 atom stereocenters. The smallest absolute Gasteiger partial charge is 0.277 e. The fourth-order valence-corrected chi connectivity index (χ4v) is 3.02. The van der Waals surface area contributed by atoms with Gasteiger partial charge in [-0.05, 0) is 25.5 Å². The van der Waals surface area contributed by atoms with E-state index >= 15 is 0 Å². The Morgan fingerprint density at radius 2 is 1.88 bits per heavy atom. The molecule has 0 radical (unpaired) electrons. The molecule has 1 aromatic heterocycles. The largest absolute Gasteiger partial charge is 0.336 e. The summed E-state index contributed by atoms with van der Waals surface area (Å²) < 4.78 is 13.8. The number of halogens is 1. The number of hydrogen-bond acceptors (Lipinski definition) is 4. The van der Waals surface area contributed by atoms with Crippen LogP contribution in [0.4, 0.5) is 4.39 Å². The highest BCUT2D eigenvalue weighted by Crippen LogP contribution is 2.14. The van der Waals surface area contributed by atoms with Crippen molar-refractivity contribution < 1.29 is 9.18 Å². The van der Waals surface area contributed by atoms with Crippen molar-refractivity contribution in [2.24, 2.45) is 0 Å². The van der Waals surface area contributed by atoms with Gasteiger partial charge in [-0.3, -0.25) is 14.5 Å². The van der Waals surface area contributed by atoms with Crippen molar-refractivity contribution >= 4 is 5.91 Å². The number of hydrogen-bond donors (Lipinski definition) is 1. The summed E-state index contributed by atoms with van der Waals surface area (Å²) in [7, 11) is 0. The van der Waals surface area contributed by atoms with Crippen LogP contribution in [-0.2, 0) is 6.54 Å². The summed E-state index contributed by atoms with van der Waals surface area (Å²) in [5.41, 5.74) is 1.61. The van der Waals surface area contributed by atoms with Crippen molar-refractivity contribution in [3.63, 3.8) is 0 Å². The van der Waals surface area contributed by atoms with E-state index in [1.807, 2.05) is 6.07 Å². The van der Waals surface area contributed by atoms with Gasteiger partial charge in [0.05, 0.1) is 5.69 Å². The van der Waals surface area contributed by atoms with Crippen LogP contribution in [0.5, 0.6) is 0 Å². The monoisotopic (exact) mass is 344 g/mol. The van der Waals surface area contributed by atoms with E-state index in [0.717, 1.165) is 0 Å². The molecule has 1 aromatic carbocycles. The molecule has 0 saturated carbocycles. The number of nitrogens with one attached hydrogen (secondary N) is 1. The maximum absolute atomic E-state index is 13.8. The van der Waals surface area contributed by atoms with Crippen molar-refractivity contribution in [3.8, 4) is 0 Å². The summed E-state index contributed by atoms with van der Waals surface area (Å²) in [6.45, 7) is 6.31. The quantitative estimate of drug-likeness (QED) is 0.916. The molecule has 0 spiro atoms. The Kier molecular flexibility index (Phi) is 4.94. The first-order chi connectivity index (χ1) is 12.0. The van der Waals surface area contributed by atoms with E-state index in [2.05, 4.69) is 15.1 Å². The van der Waals surface area contributed by atoms with Crippen LogP contribution in [0.2, 0.25) is 0 Å². The van der Waals surface area contributed by atoms with Gasteiger partial charge in [-0.1, -0.05) is 18.2 Å². The molecule has 3 rings (SSSR count). The normalized spacial score (nSPS) is 15.4. The van der Waals surface area contributed by atoms with Gasteiger partial charge in [0.2, 0.25) is 0 Å². The predicted molar refractivity (Wildman–Crippen MR) is 91.9 cm³/mol. The van der Waals surface area contributed by atoms with E-state index in [4.69, 9.17) is 0 Å². The summed E-state index contributed by atoms with van der Waals surface area (Å²) in [6.07, 6.45) is 0. The molecular formula is C18H21FN4O2. The summed E-state index contributed by atoms with van der Waals surface area (Å²) in [4.78, 5) is 28.5. The fourth-order valence-electron chi connectivity index (χ4n) is 3.02. The van der Waals surface area contributed by atoms with Crippen LogP contribution in [0, 0.1) is 19.7 Å². The first-order valence-corrected chi connectivity index (χ1v) is 8.28. The van der Waals surface area contributed by atoms with Gasteiger partial charge in [0.25, 0.3) is 11.5 Å². The Balaban J connectivity index is 1.67. The van der Waals surface area contributed by atoms with Gasteiger partial charge in [0, 0.05) is 38.3 Å². The number of rotatable bonds is 3. The van der Waals surface area contributed by atoms with E-state index in [1.54, 1.807) is 30.9 Å². The molecule has 1 saturated heterocycles. The maximum Gasteiger partial charge on any atom is 0.277 e. The number of nitrogens with zero attached hydrogens (tertiary/aromatic N) is 3. The average Bonchev–Trinajstić information content (AvgIpc) is 2.61. The van der Waals surface area contributed by atoms with Crippen LogP contribution < -0.4 is 5.56 Å². The van der Waals surface area contributed by atoms with Crippen LogP contribution in [0.25, 0.3) is 0 Å². The van der Waals surface area contributed by atoms with Crippen LogP contribution in [0.15, 0.2) is 29.1 Å². The summed E-state index contributed by atoms with van der Waals surface area (Å²) >= 11 is 0. The molecule has 0 unspecified atom stereocenters. The first-order valence-electron chi connectivity index (χ1n) is 8.28. The number of H-pyrrole nitrogens is 1. The first kappa shape index (κ1) is 17.3. The van der Waals surface area contributed by atoms with E-state index in [-0.39, 0.29) is 17.3 Å². The lowest BCUT2D eigenvalue weighted by atomic mass is 10.1. The Bertz CT molecular complexity index is 841. The lowest BCUT2D eigenvalue weighted by molar-refractivity contribution is 0.0624. The van der Waals surface area contributed by atoms with Crippen molar-refractivity contribution in [3.05, 3.63) is 62.8 Å². The van der Waals surface area contributed by atoms with Crippen molar-refractivity contribution in [1.82, 2.24) is 20.0 Å². The molecule has 0 aliphatic carbocycles.